The van der Waals surface area contributed by atoms with E-state index in [9.17, 15) is 0 Å². The van der Waals surface area contributed by atoms with Crippen LogP contribution in [0.15, 0.2) is 47.2 Å². The quantitative estimate of drug-likeness (QED) is 0.868. The summed E-state index contributed by atoms with van der Waals surface area (Å²) >= 11 is 3.48. The fourth-order valence-corrected chi connectivity index (χ4v) is 2.55. The monoisotopic (exact) mass is 334 g/mol. The van der Waals surface area contributed by atoms with E-state index in [-0.39, 0.29) is 6.04 Å². The maximum atomic E-state index is 5.58. The lowest BCUT2D eigenvalue weighted by Gasteiger charge is -2.19. The highest BCUT2D eigenvalue weighted by Crippen LogP contribution is 2.26. The Kier molecular flexibility index (Phi) is 5.56. The van der Waals surface area contributed by atoms with Crippen molar-refractivity contribution in [3.63, 3.8) is 0 Å². The van der Waals surface area contributed by atoms with Crippen molar-refractivity contribution in [3.05, 3.63) is 58.3 Å². The standard InChI is InChI=1S/C16H19BrN2O/c1-3-19-16(13-8-14(17)11-18-10-13)12-6-5-7-15(9-12)20-4-2/h5-11,16,19H,3-4H2,1-2H3. The van der Waals surface area contributed by atoms with Gasteiger partial charge < -0.3 is 10.1 Å². The number of hydrogen-bond donors (Lipinski definition) is 1. The number of hydrogen-bond acceptors (Lipinski definition) is 3. The zero-order chi connectivity index (χ0) is 14.4. The van der Waals surface area contributed by atoms with Crippen LogP contribution < -0.4 is 10.1 Å². The van der Waals surface area contributed by atoms with E-state index in [0.717, 1.165) is 22.3 Å². The highest BCUT2D eigenvalue weighted by Gasteiger charge is 2.14. The molecule has 106 valence electrons. The molecule has 1 aromatic carbocycles. The maximum absolute atomic E-state index is 5.58. The maximum Gasteiger partial charge on any atom is 0.119 e. The van der Waals surface area contributed by atoms with E-state index in [4.69, 9.17) is 4.74 Å². The number of nitrogens with one attached hydrogen (secondary N) is 1. The summed E-state index contributed by atoms with van der Waals surface area (Å²) in [7, 11) is 0. The van der Waals surface area contributed by atoms with Gasteiger partial charge in [0.15, 0.2) is 0 Å². The molecule has 0 aliphatic rings. The Morgan fingerprint density at radius 2 is 2.05 bits per heavy atom. The van der Waals surface area contributed by atoms with Gasteiger partial charge in [-0.2, -0.15) is 0 Å². The summed E-state index contributed by atoms with van der Waals surface area (Å²) < 4.78 is 6.57. The smallest absolute Gasteiger partial charge is 0.119 e. The third-order valence-electron chi connectivity index (χ3n) is 2.97. The van der Waals surface area contributed by atoms with Gasteiger partial charge in [-0.1, -0.05) is 19.1 Å². The van der Waals surface area contributed by atoms with Crippen LogP contribution in [0.2, 0.25) is 0 Å². The lowest BCUT2D eigenvalue weighted by atomic mass is 10.00. The molecule has 3 nitrogen and oxygen atoms in total. The lowest BCUT2D eigenvalue weighted by molar-refractivity contribution is 0.339. The molecule has 1 N–H and O–H groups in total. The first kappa shape index (κ1) is 15.0. The van der Waals surface area contributed by atoms with Gasteiger partial charge in [-0.3, -0.25) is 4.98 Å². The van der Waals surface area contributed by atoms with Crippen molar-refractivity contribution in [2.45, 2.75) is 19.9 Å². The molecule has 0 amide bonds. The minimum atomic E-state index is 0.116. The molecule has 1 aromatic heterocycles. The van der Waals surface area contributed by atoms with Crippen LogP contribution in [0.1, 0.15) is 31.0 Å². The van der Waals surface area contributed by atoms with Crippen LogP contribution >= 0.6 is 15.9 Å². The molecule has 0 spiro atoms. The van der Waals surface area contributed by atoms with E-state index in [1.165, 1.54) is 5.56 Å². The van der Waals surface area contributed by atoms with E-state index < -0.39 is 0 Å². The Morgan fingerprint density at radius 1 is 1.20 bits per heavy atom. The Bertz CT molecular complexity index is 560. The Hall–Kier alpha value is -1.39. The molecule has 0 aliphatic carbocycles. The summed E-state index contributed by atoms with van der Waals surface area (Å²) in [4.78, 5) is 4.25. The number of pyridine rings is 1. The Balaban J connectivity index is 2.35. The predicted molar refractivity (Wildman–Crippen MR) is 85.1 cm³/mol. The van der Waals surface area contributed by atoms with Gasteiger partial charge >= 0.3 is 0 Å². The number of benzene rings is 1. The molecule has 2 aromatic rings. The third-order valence-corrected chi connectivity index (χ3v) is 3.40. The van der Waals surface area contributed by atoms with Crippen molar-refractivity contribution < 1.29 is 4.74 Å². The molecule has 0 saturated heterocycles. The number of halogens is 1. The van der Waals surface area contributed by atoms with E-state index in [1.807, 2.05) is 25.3 Å². The van der Waals surface area contributed by atoms with Crippen LogP contribution in [-0.2, 0) is 0 Å². The molecule has 1 unspecified atom stereocenters. The number of aromatic nitrogens is 1. The third kappa shape index (κ3) is 3.81. The SMILES string of the molecule is CCNC(c1cncc(Br)c1)c1cccc(OCC)c1. The summed E-state index contributed by atoms with van der Waals surface area (Å²) in [5.74, 6) is 0.899. The number of nitrogens with zero attached hydrogens (tertiary/aromatic N) is 1. The lowest BCUT2D eigenvalue weighted by Crippen LogP contribution is -2.22. The second kappa shape index (κ2) is 7.41. The zero-order valence-corrected chi connectivity index (χ0v) is 13.4. The minimum absolute atomic E-state index is 0.116. The van der Waals surface area contributed by atoms with Crippen LogP contribution in [0.4, 0.5) is 0 Å². The van der Waals surface area contributed by atoms with E-state index in [0.29, 0.717) is 6.61 Å². The van der Waals surface area contributed by atoms with Gasteiger partial charge in [0.05, 0.1) is 12.6 Å². The molecule has 20 heavy (non-hydrogen) atoms. The second-order valence-electron chi connectivity index (χ2n) is 4.43. The summed E-state index contributed by atoms with van der Waals surface area (Å²) in [6.45, 7) is 5.65. The van der Waals surface area contributed by atoms with E-state index >= 15 is 0 Å². The molecule has 0 fully saturated rings. The van der Waals surface area contributed by atoms with E-state index in [2.05, 4.69) is 51.4 Å². The zero-order valence-electron chi connectivity index (χ0n) is 11.8. The molecule has 4 heteroatoms. The Labute approximate surface area is 128 Å². The van der Waals surface area contributed by atoms with Gasteiger partial charge in [-0.15, -0.1) is 0 Å². The summed E-state index contributed by atoms with van der Waals surface area (Å²) in [5.41, 5.74) is 2.31. The largest absolute Gasteiger partial charge is 0.494 e. The van der Waals surface area contributed by atoms with Gasteiger partial charge in [0.25, 0.3) is 0 Å². The number of ether oxygens (including phenoxy) is 1. The molecule has 0 saturated carbocycles. The number of rotatable bonds is 6. The van der Waals surface area contributed by atoms with Crippen molar-refractivity contribution in [1.82, 2.24) is 10.3 Å². The summed E-state index contributed by atoms with van der Waals surface area (Å²) in [6.07, 6.45) is 3.69. The van der Waals surface area contributed by atoms with Crippen LogP contribution in [0.25, 0.3) is 0 Å². The first-order valence-corrected chi connectivity index (χ1v) is 7.60. The van der Waals surface area contributed by atoms with Crippen molar-refractivity contribution in [2.75, 3.05) is 13.2 Å². The van der Waals surface area contributed by atoms with Crippen LogP contribution in [0.5, 0.6) is 5.75 Å². The summed E-state index contributed by atoms with van der Waals surface area (Å²) in [5, 5.41) is 3.50. The highest BCUT2D eigenvalue weighted by molar-refractivity contribution is 9.10. The van der Waals surface area contributed by atoms with Gasteiger partial charge in [0.1, 0.15) is 5.75 Å². The topological polar surface area (TPSA) is 34.2 Å². The molecule has 0 radical (unpaired) electrons. The van der Waals surface area contributed by atoms with Gasteiger partial charge in [0, 0.05) is 16.9 Å². The first-order valence-electron chi connectivity index (χ1n) is 6.81. The van der Waals surface area contributed by atoms with E-state index in [1.54, 1.807) is 6.20 Å². The van der Waals surface area contributed by atoms with Crippen LogP contribution in [0.3, 0.4) is 0 Å². The van der Waals surface area contributed by atoms with Crippen molar-refractivity contribution >= 4 is 15.9 Å². The predicted octanol–water partition coefficient (Wildman–Crippen LogP) is 3.94. The van der Waals surface area contributed by atoms with Crippen LogP contribution in [-0.4, -0.2) is 18.1 Å². The van der Waals surface area contributed by atoms with Crippen LogP contribution in [0, 0.1) is 0 Å². The molecule has 1 heterocycles. The Morgan fingerprint density at radius 3 is 2.75 bits per heavy atom. The molecular formula is C16H19BrN2O. The summed E-state index contributed by atoms with van der Waals surface area (Å²) in [6, 6.07) is 10.4. The molecule has 0 bridgehead atoms. The average Bonchev–Trinajstić information content (AvgIpc) is 2.45. The second-order valence-corrected chi connectivity index (χ2v) is 5.35. The molecule has 2 rings (SSSR count). The molecule has 0 aliphatic heterocycles. The van der Waals surface area contributed by atoms with Gasteiger partial charge in [-0.25, -0.2) is 0 Å². The van der Waals surface area contributed by atoms with Gasteiger partial charge in [-0.05, 0) is 58.7 Å². The fraction of sp³-hybridized carbons (Fsp3) is 0.312. The minimum Gasteiger partial charge on any atom is -0.494 e. The fourth-order valence-electron chi connectivity index (χ4n) is 2.17. The van der Waals surface area contributed by atoms with Gasteiger partial charge in [0.2, 0.25) is 0 Å². The van der Waals surface area contributed by atoms with Crippen molar-refractivity contribution in [3.8, 4) is 5.75 Å². The highest BCUT2D eigenvalue weighted by atomic mass is 79.9. The first-order chi connectivity index (χ1) is 9.74. The molecule has 1 atom stereocenters. The molecular weight excluding hydrogens is 316 g/mol. The normalized spacial score (nSPS) is 12.2. The van der Waals surface area contributed by atoms with Crippen molar-refractivity contribution in [1.29, 1.82) is 0 Å². The average molecular weight is 335 g/mol. The van der Waals surface area contributed by atoms with Crippen molar-refractivity contribution in [2.24, 2.45) is 0 Å².